The summed E-state index contributed by atoms with van der Waals surface area (Å²) >= 11 is 1.69. The lowest BCUT2D eigenvalue weighted by atomic mass is 10.1. The van der Waals surface area contributed by atoms with Crippen LogP contribution >= 0.6 is 11.3 Å². The van der Waals surface area contributed by atoms with Crippen molar-refractivity contribution in [3.8, 4) is 0 Å². The van der Waals surface area contributed by atoms with Crippen LogP contribution < -0.4 is 5.32 Å². The number of rotatable bonds is 8. The maximum atomic E-state index is 9.82. The zero-order chi connectivity index (χ0) is 13.5. The van der Waals surface area contributed by atoms with Gasteiger partial charge in [0.1, 0.15) is 0 Å². The maximum absolute atomic E-state index is 9.82. The average Bonchev–Trinajstić information content (AvgIpc) is 3.01. The second-order valence-corrected chi connectivity index (χ2v) is 6.72. The number of hydrogen-bond acceptors (Lipinski definition) is 4. The van der Waals surface area contributed by atoms with Gasteiger partial charge in [0.25, 0.3) is 0 Å². The summed E-state index contributed by atoms with van der Waals surface area (Å²) in [7, 11) is 0. The van der Waals surface area contributed by atoms with E-state index in [4.69, 9.17) is 4.74 Å². The van der Waals surface area contributed by atoms with Gasteiger partial charge in [-0.1, -0.05) is 19.4 Å². The van der Waals surface area contributed by atoms with Crippen molar-refractivity contribution < 1.29 is 9.84 Å². The van der Waals surface area contributed by atoms with E-state index in [1.54, 1.807) is 11.3 Å². The molecule has 2 N–H and O–H groups in total. The minimum absolute atomic E-state index is 0.404. The summed E-state index contributed by atoms with van der Waals surface area (Å²) in [5.74, 6) is 1.68. The predicted octanol–water partition coefficient (Wildman–Crippen LogP) is 2.65. The number of aliphatic hydroxyl groups excluding tert-OH is 1. The number of ether oxygens (including phenoxy) is 1. The quantitative estimate of drug-likeness (QED) is 0.770. The summed E-state index contributed by atoms with van der Waals surface area (Å²) in [6.45, 7) is 5.01. The number of thiophene rings is 1. The summed E-state index contributed by atoms with van der Waals surface area (Å²) in [6.07, 6.45) is 3.62. The first kappa shape index (κ1) is 15.0. The molecule has 3 atom stereocenters. The highest BCUT2D eigenvalue weighted by molar-refractivity contribution is 7.09. The summed E-state index contributed by atoms with van der Waals surface area (Å²) in [4.78, 5) is 1.21. The van der Waals surface area contributed by atoms with Crippen LogP contribution in [0.4, 0.5) is 0 Å². The number of hydrogen-bond donors (Lipinski definition) is 2. The van der Waals surface area contributed by atoms with Crippen LogP contribution in [0.5, 0.6) is 0 Å². The third-order valence-corrected chi connectivity index (χ3v) is 4.60. The maximum Gasteiger partial charge on any atom is 0.0897 e. The average molecular weight is 283 g/mol. The normalized spacial score (nSPS) is 24.7. The van der Waals surface area contributed by atoms with E-state index in [1.165, 1.54) is 24.1 Å². The van der Waals surface area contributed by atoms with Gasteiger partial charge in [-0.05, 0) is 42.7 Å². The Labute approximate surface area is 120 Å². The summed E-state index contributed by atoms with van der Waals surface area (Å²) in [5, 5.41) is 15.2. The first-order chi connectivity index (χ1) is 9.24. The molecule has 2 rings (SSSR count). The molecule has 3 unspecified atom stereocenters. The summed E-state index contributed by atoms with van der Waals surface area (Å²) in [6, 6.07) is 4.07. The highest BCUT2D eigenvalue weighted by atomic mass is 32.1. The largest absolute Gasteiger partial charge is 0.389 e. The third kappa shape index (κ3) is 5.61. The lowest BCUT2D eigenvalue weighted by molar-refractivity contribution is 0.0295. The third-order valence-electron chi connectivity index (χ3n) is 3.75. The molecule has 1 aliphatic rings. The smallest absolute Gasteiger partial charge is 0.0897 e. The van der Waals surface area contributed by atoms with E-state index in [-0.39, 0.29) is 0 Å². The lowest BCUT2D eigenvalue weighted by Crippen LogP contribution is -2.33. The van der Waals surface area contributed by atoms with Gasteiger partial charge < -0.3 is 15.2 Å². The summed E-state index contributed by atoms with van der Waals surface area (Å²) in [5.41, 5.74) is 0. The second-order valence-electron chi connectivity index (χ2n) is 5.69. The van der Waals surface area contributed by atoms with Crippen molar-refractivity contribution in [1.82, 2.24) is 5.32 Å². The number of aliphatic hydroxyl groups is 1. The molecule has 0 bridgehead atoms. The predicted molar refractivity (Wildman–Crippen MR) is 79.4 cm³/mol. The molecule has 4 heteroatoms. The van der Waals surface area contributed by atoms with Gasteiger partial charge in [0, 0.05) is 11.4 Å². The van der Waals surface area contributed by atoms with Crippen molar-refractivity contribution in [1.29, 1.82) is 0 Å². The minimum atomic E-state index is -0.404. The second kappa shape index (κ2) is 8.00. The zero-order valence-electron chi connectivity index (χ0n) is 11.7. The van der Waals surface area contributed by atoms with Crippen LogP contribution in [0.1, 0.15) is 31.1 Å². The Balaban J connectivity index is 1.49. The van der Waals surface area contributed by atoms with E-state index in [0.717, 1.165) is 18.4 Å². The van der Waals surface area contributed by atoms with Crippen LogP contribution in [-0.2, 0) is 11.3 Å². The van der Waals surface area contributed by atoms with Crippen molar-refractivity contribution in [2.75, 3.05) is 19.7 Å². The van der Waals surface area contributed by atoms with Crippen LogP contribution in [0.15, 0.2) is 17.5 Å². The molecule has 19 heavy (non-hydrogen) atoms. The van der Waals surface area contributed by atoms with Crippen molar-refractivity contribution in [3.05, 3.63) is 22.4 Å². The van der Waals surface area contributed by atoms with Gasteiger partial charge in [-0.25, -0.2) is 0 Å². The molecule has 0 radical (unpaired) electrons. The highest BCUT2D eigenvalue weighted by Crippen LogP contribution is 2.29. The van der Waals surface area contributed by atoms with Crippen molar-refractivity contribution in [2.45, 2.75) is 38.9 Å². The molecule has 0 spiro atoms. The van der Waals surface area contributed by atoms with Crippen LogP contribution in [0.25, 0.3) is 0 Å². The van der Waals surface area contributed by atoms with Gasteiger partial charge in [0.05, 0.1) is 19.3 Å². The fourth-order valence-electron chi connectivity index (χ4n) is 2.71. The first-order valence-corrected chi connectivity index (χ1v) is 8.11. The Bertz CT molecular complexity index is 342. The fourth-order valence-corrected chi connectivity index (χ4v) is 3.35. The van der Waals surface area contributed by atoms with Crippen molar-refractivity contribution in [3.63, 3.8) is 0 Å². The monoisotopic (exact) mass is 283 g/mol. The van der Waals surface area contributed by atoms with Crippen LogP contribution in [0, 0.1) is 11.8 Å². The Kier molecular flexibility index (Phi) is 6.31. The van der Waals surface area contributed by atoms with Crippen LogP contribution in [-0.4, -0.2) is 30.9 Å². The number of nitrogens with one attached hydrogen (secondary N) is 1. The molecule has 0 saturated heterocycles. The molecule has 1 heterocycles. The van der Waals surface area contributed by atoms with Gasteiger partial charge in [-0.15, -0.1) is 11.3 Å². The topological polar surface area (TPSA) is 41.5 Å². The molecule has 0 amide bonds. The Morgan fingerprint density at radius 1 is 1.53 bits per heavy atom. The Hall–Kier alpha value is -0.420. The van der Waals surface area contributed by atoms with Crippen molar-refractivity contribution in [2.24, 2.45) is 11.8 Å². The molecular weight excluding hydrogens is 258 g/mol. The van der Waals surface area contributed by atoms with Crippen LogP contribution in [0.2, 0.25) is 0 Å². The molecule has 0 aromatic carbocycles. The molecule has 1 aromatic heterocycles. The van der Waals surface area contributed by atoms with E-state index in [9.17, 15) is 5.11 Å². The SMILES string of the molecule is CC1CCC(CNCC(O)COCc2cccs2)C1. The van der Waals surface area contributed by atoms with Gasteiger partial charge >= 0.3 is 0 Å². The Morgan fingerprint density at radius 3 is 3.11 bits per heavy atom. The molecule has 1 fully saturated rings. The van der Waals surface area contributed by atoms with E-state index in [2.05, 4.69) is 18.3 Å². The Morgan fingerprint density at radius 2 is 2.42 bits per heavy atom. The molecule has 0 aliphatic heterocycles. The van der Waals surface area contributed by atoms with E-state index in [1.807, 2.05) is 11.4 Å². The lowest BCUT2D eigenvalue weighted by Gasteiger charge is -2.15. The zero-order valence-corrected chi connectivity index (χ0v) is 12.5. The molecular formula is C15H25NO2S. The molecule has 1 aromatic rings. The van der Waals surface area contributed by atoms with Gasteiger partial charge in [-0.2, -0.15) is 0 Å². The van der Waals surface area contributed by atoms with E-state index in [0.29, 0.717) is 19.8 Å². The highest BCUT2D eigenvalue weighted by Gasteiger charge is 2.20. The van der Waals surface area contributed by atoms with E-state index < -0.39 is 6.10 Å². The molecule has 1 saturated carbocycles. The van der Waals surface area contributed by atoms with Gasteiger partial charge in [0.15, 0.2) is 0 Å². The standard InChI is InChI=1S/C15H25NO2S/c1-12-4-5-13(7-12)8-16-9-14(17)10-18-11-15-3-2-6-19-15/h2-3,6,12-14,16-17H,4-5,7-11H2,1H3. The van der Waals surface area contributed by atoms with Gasteiger partial charge in [0.2, 0.25) is 0 Å². The van der Waals surface area contributed by atoms with Gasteiger partial charge in [-0.3, -0.25) is 0 Å². The minimum Gasteiger partial charge on any atom is -0.389 e. The molecule has 3 nitrogen and oxygen atoms in total. The first-order valence-electron chi connectivity index (χ1n) is 7.23. The van der Waals surface area contributed by atoms with Crippen LogP contribution in [0.3, 0.4) is 0 Å². The fraction of sp³-hybridized carbons (Fsp3) is 0.733. The van der Waals surface area contributed by atoms with Crippen molar-refractivity contribution >= 4 is 11.3 Å². The molecule has 1 aliphatic carbocycles. The van der Waals surface area contributed by atoms with E-state index >= 15 is 0 Å². The molecule has 108 valence electrons. The summed E-state index contributed by atoms with van der Waals surface area (Å²) < 4.78 is 5.50.